The molecule has 30 heavy (non-hydrogen) atoms. The van der Waals surface area contributed by atoms with Crippen molar-refractivity contribution in [3.05, 3.63) is 54.1 Å². The molecule has 0 radical (unpaired) electrons. The van der Waals surface area contributed by atoms with Crippen molar-refractivity contribution in [1.82, 2.24) is 4.90 Å². The Bertz CT molecular complexity index is 820. The summed E-state index contributed by atoms with van der Waals surface area (Å²) in [6.45, 7) is 2.84. The Labute approximate surface area is 179 Å². The number of carbonyl (C=O) groups is 1. The van der Waals surface area contributed by atoms with E-state index in [1.807, 2.05) is 36.4 Å². The monoisotopic (exact) mass is 408 g/mol. The van der Waals surface area contributed by atoms with Gasteiger partial charge in [0.15, 0.2) is 0 Å². The Morgan fingerprint density at radius 1 is 1.00 bits per heavy atom. The molecule has 160 valence electrons. The van der Waals surface area contributed by atoms with Crippen LogP contribution in [0, 0.1) is 0 Å². The summed E-state index contributed by atoms with van der Waals surface area (Å²) in [6.07, 6.45) is 7.20. The predicted octanol–water partition coefficient (Wildman–Crippen LogP) is 5.12. The number of fused-ring (bicyclic) bond motifs is 2. The van der Waals surface area contributed by atoms with Crippen LogP contribution in [0.4, 0.5) is 5.69 Å². The van der Waals surface area contributed by atoms with Gasteiger partial charge in [-0.3, -0.25) is 4.79 Å². The summed E-state index contributed by atoms with van der Waals surface area (Å²) in [6, 6.07) is 16.3. The first-order valence-electron chi connectivity index (χ1n) is 11.1. The largest absolute Gasteiger partial charge is 0.494 e. The molecule has 0 aliphatic carbocycles. The van der Waals surface area contributed by atoms with Gasteiger partial charge in [0.2, 0.25) is 0 Å². The highest BCUT2D eigenvalue weighted by Gasteiger charge is 2.39. The molecule has 0 unspecified atom stereocenters. The van der Waals surface area contributed by atoms with Gasteiger partial charge in [0.1, 0.15) is 17.6 Å². The summed E-state index contributed by atoms with van der Waals surface area (Å²) < 4.78 is 11.9. The molecule has 0 spiro atoms. The van der Waals surface area contributed by atoms with E-state index in [1.165, 1.54) is 12.8 Å². The van der Waals surface area contributed by atoms with Crippen molar-refractivity contribution in [2.45, 2.75) is 63.6 Å². The average Bonchev–Trinajstić information content (AvgIpc) is 2.96. The van der Waals surface area contributed by atoms with Crippen LogP contribution in [-0.2, 0) is 0 Å². The molecule has 5 nitrogen and oxygen atoms in total. The fourth-order valence-corrected chi connectivity index (χ4v) is 4.51. The quantitative estimate of drug-likeness (QED) is 0.616. The fourth-order valence-electron chi connectivity index (χ4n) is 4.51. The molecular weight excluding hydrogens is 376 g/mol. The van der Waals surface area contributed by atoms with E-state index in [4.69, 9.17) is 9.47 Å². The summed E-state index contributed by atoms with van der Waals surface area (Å²) in [5, 5.41) is 2.95. The zero-order valence-corrected chi connectivity index (χ0v) is 18.0. The van der Waals surface area contributed by atoms with Gasteiger partial charge in [-0.25, -0.2) is 0 Å². The lowest BCUT2D eigenvalue weighted by molar-refractivity contribution is 0.0662. The normalized spacial score (nSPS) is 23.2. The number of rotatable bonds is 8. The van der Waals surface area contributed by atoms with Crippen LogP contribution in [0.2, 0.25) is 0 Å². The maximum absolute atomic E-state index is 12.5. The van der Waals surface area contributed by atoms with Crippen LogP contribution >= 0.6 is 0 Å². The second kappa shape index (κ2) is 9.52. The lowest BCUT2D eigenvalue weighted by atomic mass is 10.0. The van der Waals surface area contributed by atoms with Gasteiger partial charge in [0.25, 0.3) is 5.91 Å². The number of amides is 1. The van der Waals surface area contributed by atoms with E-state index in [1.54, 1.807) is 12.1 Å². The van der Waals surface area contributed by atoms with E-state index in [2.05, 4.69) is 24.2 Å². The van der Waals surface area contributed by atoms with Crippen molar-refractivity contribution < 1.29 is 14.3 Å². The molecular formula is C25H32N2O3. The van der Waals surface area contributed by atoms with E-state index in [-0.39, 0.29) is 12.0 Å². The Kier molecular flexibility index (Phi) is 6.58. The third-order valence-electron chi connectivity index (χ3n) is 6.35. The predicted molar refractivity (Wildman–Crippen MR) is 119 cm³/mol. The van der Waals surface area contributed by atoms with Crippen LogP contribution in [0.1, 0.15) is 55.8 Å². The number of ether oxygens (including phenoxy) is 2. The molecule has 1 N–H and O–H groups in total. The van der Waals surface area contributed by atoms with Gasteiger partial charge in [-0.1, -0.05) is 13.3 Å². The molecule has 2 aromatic rings. The molecule has 0 aromatic heterocycles. The number of carbonyl (C=O) groups excluding carboxylic acids is 1. The highest BCUT2D eigenvalue weighted by molar-refractivity contribution is 6.04. The third kappa shape index (κ3) is 4.96. The molecule has 2 fully saturated rings. The molecule has 0 saturated carbocycles. The summed E-state index contributed by atoms with van der Waals surface area (Å²) in [5.41, 5.74) is 1.37. The number of benzene rings is 2. The van der Waals surface area contributed by atoms with Crippen LogP contribution in [0.15, 0.2) is 48.5 Å². The third-order valence-corrected chi connectivity index (χ3v) is 6.35. The van der Waals surface area contributed by atoms with Crippen molar-refractivity contribution in [1.29, 1.82) is 0 Å². The summed E-state index contributed by atoms with van der Waals surface area (Å²) >= 11 is 0. The van der Waals surface area contributed by atoms with Crippen molar-refractivity contribution in [3.8, 4) is 11.5 Å². The van der Waals surface area contributed by atoms with Gasteiger partial charge < -0.3 is 19.7 Å². The maximum Gasteiger partial charge on any atom is 0.255 e. The number of piperidine rings is 1. The lowest BCUT2D eigenvalue weighted by Crippen LogP contribution is -2.43. The smallest absolute Gasteiger partial charge is 0.255 e. The average molecular weight is 409 g/mol. The van der Waals surface area contributed by atoms with E-state index in [9.17, 15) is 4.79 Å². The number of hydrogen-bond donors (Lipinski definition) is 1. The standard InChI is InChI=1S/C25H32N2O3/c1-3-4-15-29-22-11-5-18(6-12-22)25(28)26-19-7-13-23(14-8-19)30-24-16-20-9-10-21(17-24)27(20)2/h5-8,11-14,20-21,24H,3-4,9-10,15-17H2,1-2H3,(H,26,28)/t20-,21+,24+. The van der Waals surface area contributed by atoms with E-state index < -0.39 is 0 Å². The first-order valence-corrected chi connectivity index (χ1v) is 11.1. The van der Waals surface area contributed by atoms with Gasteiger partial charge >= 0.3 is 0 Å². The molecule has 2 saturated heterocycles. The Hall–Kier alpha value is -2.53. The van der Waals surface area contributed by atoms with Gasteiger partial charge in [0.05, 0.1) is 6.61 Å². The summed E-state index contributed by atoms with van der Waals surface area (Å²) in [4.78, 5) is 15.0. The van der Waals surface area contributed by atoms with E-state index in [0.29, 0.717) is 24.3 Å². The van der Waals surface area contributed by atoms with Crippen molar-refractivity contribution in [3.63, 3.8) is 0 Å². The van der Waals surface area contributed by atoms with Crippen molar-refractivity contribution >= 4 is 11.6 Å². The van der Waals surface area contributed by atoms with Crippen LogP contribution in [-0.4, -0.2) is 42.6 Å². The Morgan fingerprint density at radius 2 is 1.63 bits per heavy atom. The number of nitrogens with zero attached hydrogens (tertiary/aromatic N) is 1. The zero-order chi connectivity index (χ0) is 20.9. The Balaban J connectivity index is 1.28. The van der Waals surface area contributed by atoms with Gasteiger partial charge in [-0.05, 0) is 87.7 Å². The topological polar surface area (TPSA) is 50.8 Å². The molecule has 2 aromatic carbocycles. The Morgan fingerprint density at radius 3 is 2.27 bits per heavy atom. The van der Waals surface area contributed by atoms with E-state index >= 15 is 0 Å². The fraction of sp³-hybridized carbons (Fsp3) is 0.480. The number of unbranched alkanes of at least 4 members (excludes halogenated alkanes) is 1. The van der Waals surface area contributed by atoms with E-state index in [0.717, 1.165) is 42.9 Å². The molecule has 3 atom stereocenters. The highest BCUT2D eigenvalue weighted by atomic mass is 16.5. The van der Waals surface area contributed by atoms with Gasteiger partial charge in [-0.15, -0.1) is 0 Å². The van der Waals surface area contributed by atoms with Gasteiger partial charge in [-0.2, -0.15) is 0 Å². The summed E-state index contributed by atoms with van der Waals surface area (Å²) in [5.74, 6) is 1.54. The van der Waals surface area contributed by atoms with Crippen LogP contribution in [0.3, 0.4) is 0 Å². The molecule has 2 bridgehead atoms. The van der Waals surface area contributed by atoms with Crippen molar-refractivity contribution in [2.75, 3.05) is 19.0 Å². The molecule has 2 aliphatic heterocycles. The second-order valence-electron chi connectivity index (χ2n) is 8.47. The molecule has 5 heteroatoms. The zero-order valence-electron chi connectivity index (χ0n) is 18.0. The minimum atomic E-state index is -0.129. The van der Waals surface area contributed by atoms with Crippen LogP contribution in [0.5, 0.6) is 11.5 Å². The number of hydrogen-bond acceptors (Lipinski definition) is 4. The molecule has 2 aliphatic rings. The molecule has 4 rings (SSSR count). The molecule has 1 amide bonds. The summed E-state index contributed by atoms with van der Waals surface area (Å²) in [7, 11) is 2.24. The first-order chi connectivity index (χ1) is 14.6. The van der Waals surface area contributed by atoms with Crippen LogP contribution < -0.4 is 14.8 Å². The van der Waals surface area contributed by atoms with Crippen molar-refractivity contribution in [2.24, 2.45) is 0 Å². The lowest BCUT2D eigenvalue weighted by Gasteiger charge is -2.36. The second-order valence-corrected chi connectivity index (χ2v) is 8.47. The minimum absolute atomic E-state index is 0.129. The SMILES string of the molecule is CCCCOc1ccc(C(=O)Nc2ccc(O[C@H]3C[C@H]4CC[C@@H](C3)N4C)cc2)cc1. The minimum Gasteiger partial charge on any atom is -0.494 e. The molecule has 2 heterocycles. The number of anilines is 1. The highest BCUT2D eigenvalue weighted by Crippen LogP contribution is 2.36. The van der Waals surface area contributed by atoms with Crippen LogP contribution in [0.25, 0.3) is 0 Å². The maximum atomic E-state index is 12.5. The number of nitrogens with one attached hydrogen (secondary N) is 1. The first kappa shape index (κ1) is 20.7. The van der Waals surface area contributed by atoms with Gasteiger partial charge in [0, 0.05) is 23.3 Å².